The number of carbonyl (C=O) groups excluding carboxylic acids is 1. The van der Waals surface area contributed by atoms with Gasteiger partial charge < -0.3 is 10.0 Å². The Morgan fingerprint density at radius 1 is 1.19 bits per heavy atom. The average molecular weight is 285 g/mol. The number of hydrogen-bond donors (Lipinski definition) is 1. The quantitative estimate of drug-likeness (QED) is 0.921. The second-order valence-corrected chi connectivity index (χ2v) is 5.33. The van der Waals surface area contributed by atoms with Crippen molar-refractivity contribution in [2.24, 2.45) is 0 Å². The first-order valence-electron chi connectivity index (χ1n) is 6.86. The van der Waals surface area contributed by atoms with Gasteiger partial charge in [0.15, 0.2) is 0 Å². The summed E-state index contributed by atoms with van der Waals surface area (Å²) in [5.74, 6) is -0.390. The fourth-order valence-corrected chi connectivity index (χ4v) is 2.68. The summed E-state index contributed by atoms with van der Waals surface area (Å²) in [6.07, 6.45) is -0.997. The predicted molar refractivity (Wildman–Crippen MR) is 76.8 cm³/mol. The fourth-order valence-electron chi connectivity index (χ4n) is 2.68. The molecule has 0 bridgehead atoms. The number of amides is 1. The van der Waals surface area contributed by atoms with Crippen molar-refractivity contribution in [3.8, 4) is 0 Å². The molecule has 0 saturated heterocycles. The molecule has 1 heterocycles. The Morgan fingerprint density at radius 3 is 2.62 bits per heavy atom. The van der Waals surface area contributed by atoms with Crippen molar-refractivity contribution in [1.82, 2.24) is 4.90 Å². The van der Waals surface area contributed by atoms with Gasteiger partial charge in [-0.1, -0.05) is 36.4 Å². The Morgan fingerprint density at radius 2 is 1.90 bits per heavy atom. The number of nitrogens with zero attached hydrogens (tertiary/aromatic N) is 1. The monoisotopic (exact) mass is 285 g/mol. The number of carbonyl (C=O) groups is 1. The molecule has 1 atom stereocenters. The van der Waals surface area contributed by atoms with Crippen LogP contribution in [-0.4, -0.2) is 15.9 Å². The standard InChI is InChI=1S/C17H16FNO2/c1-11(20)19-9-13-7-6-12(8-14(13)10-19)17(21)15-4-2-3-5-16(15)18/h2-8,17,21H,9-10H2,1H3. The molecule has 0 aromatic heterocycles. The summed E-state index contributed by atoms with van der Waals surface area (Å²) in [6, 6.07) is 11.8. The molecule has 0 radical (unpaired) electrons. The highest BCUT2D eigenvalue weighted by molar-refractivity contribution is 5.74. The second-order valence-electron chi connectivity index (χ2n) is 5.33. The lowest BCUT2D eigenvalue weighted by atomic mass is 9.98. The first-order valence-corrected chi connectivity index (χ1v) is 6.86. The normalized spacial score (nSPS) is 14.9. The van der Waals surface area contributed by atoms with Gasteiger partial charge in [-0.15, -0.1) is 0 Å². The van der Waals surface area contributed by atoms with Crippen LogP contribution in [0.4, 0.5) is 4.39 Å². The number of rotatable bonds is 2. The van der Waals surface area contributed by atoms with E-state index in [1.165, 1.54) is 6.07 Å². The van der Waals surface area contributed by atoms with Crippen LogP contribution in [0, 0.1) is 5.82 Å². The number of halogens is 1. The third kappa shape index (κ3) is 2.54. The maximum absolute atomic E-state index is 13.8. The van der Waals surface area contributed by atoms with Gasteiger partial charge in [0, 0.05) is 25.6 Å². The average Bonchev–Trinajstić information content (AvgIpc) is 2.90. The molecular weight excluding hydrogens is 269 g/mol. The van der Waals surface area contributed by atoms with E-state index in [9.17, 15) is 14.3 Å². The zero-order valence-electron chi connectivity index (χ0n) is 11.7. The molecule has 1 aliphatic rings. The van der Waals surface area contributed by atoms with Crippen LogP contribution in [-0.2, 0) is 17.9 Å². The van der Waals surface area contributed by atoms with Crippen LogP contribution in [0.2, 0.25) is 0 Å². The van der Waals surface area contributed by atoms with Crippen LogP contribution < -0.4 is 0 Å². The van der Waals surface area contributed by atoms with Crippen molar-refractivity contribution < 1.29 is 14.3 Å². The van der Waals surface area contributed by atoms with E-state index in [4.69, 9.17) is 0 Å². The summed E-state index contributed by atoms with van der Waals surface area (Å²) >= 11 is 0. The fraction of sp³-hybridized carbons (Fsp3) is 0.235. The van der Waals surface area contributed by atoms with E-state index < -0.39 is 11.9 Å². The van der Waals surface area contributed by atoms with Crippen molar-refractivity contribution in [2.45, 2.75) is 26.1 Å². The Labute approximate surface area is 122 Å². The summed E-state index contributed by atoms with van der Waals surface area (Å²) in [6.45, 7) is 2.68. The highest BCUT2D eigenvalue weighted by Crippen LogP contribution is 2.29. The van der Waals surface area contributed by atoms with Gasteiger partial charge in [0.05, 0.1) is 0 Å². The maximum Gasteiger partial charge on any atom is 0.220 e. The summed E-state index contributed by atoms with van der Waals surface area (Å²) < 4.78 is 13.8. The van der Waals surface area contributed by atoms with E-state index in [1.807, 2.05) is 12.1 Å². The van der Waals surface area contributed by atoms with Crippen LogP contribution >= 0.6 is 0 Å². The minimum atomic E-state index is -0.997. The molecule has 0 fully saturated rings. The molecule has 3 rings (SSSR count). The van der Waals surface area contributed by atoms with Crippen LogP contribution in [0.15, 0.2) is 42.5 Å². The molecule has 108 valence electrons. The third-order valence-corrected chi connectivity index (χ3v) is 3.91. The largest absolute Gasteiger partial charge is 0.384 e. The molecule has 1 aliphatic heterocycles. The van der Waals surface area contributed by atoms with Crippen molar-refractivity contribution >= 4 is 5.91 Å². The van der Waals surface area contributed by atoms with Crippen molar-refractivity contribution in [2.75, 3.05) is 0 Å². The van der Waals surface area contributed by atoms with Crippen LogP contribution in [0.1, 0.15) is 35.3 Å². The van der Waals surface area contributed by atoms with Gasteiger partial charge in [0.1, 0.15) is 11.9 Å². The van der Waals surface area contributed by atoms with E-state index in [-0.39, 0.29) is 11.5 Å². The first kappa shape index (κ1) is 13.8. The Balaban J connectivity index is 1.91. The van der Waals surface area contributed by atoms with Crippen LogP contribution in [0.25, 0.3) is 0 Å². The number of aliphatic hydroxyl groups is 1. The van der Waals surface area contributed by atoms with Gasteiger partial charge in [-0.2, -0.15) is 0 Å². The lowest BCUT2D eigenvalue weighted by Gasteiger charge is -2.13. The Bertz CT molecular complexity index is 699. The predicted octanol–water partition coefficient (Wildman–Crippen LogP) is 2.77. The number of hydrogen-bond acceptors (Lipinski definition) is 2. The molecule has 3 nitrogen and oxygen atoms in total. The van der Waals surface area contributed by atoms with E-state index in [2.05, 4.69) is 0 Å². The van der Waals surface area contributed by atoms with Crippen molar-refractivity contribution in [3.63, 3.8) is 0 Å². The minimum Gasteiger partial charge on any atom is -0.384 e. The maximum atomic E-state index is 13.8. The van der Waals surface area contributed by atoms with Gasteiger partial charge in [-0.25, -0.2) is 4.39 Å². The van der Waals surface area contributed by atoms with E-state index in [0.717, 1.165) is 11.1 Å². The molecule has 2 aromatic rings. The highest BCUT2D eigenvalue weighted by Gasteiger charge is 2.23. The molecule has 1 unspecified atom stereocenters. The highest BCUT2D eigenvalue weighted by atomic mass is 19.1. The molecule has 0 spiro atoms. The Kier molecular flexibility index (Phi) is 3.47. The van der Waals surface area contributed by atoms with Gasteiger partial charge in [0.2, 0.25) is 5.91 Å². The zero-order valence-corrected chi connectivity index (χ0v) is 11.7. The van der Waals surface area contributed by atoms with Crippen LogP contribution in [0.5, 0.6) is 0 Å². The summed E-state index contributed by atoms with van der Waals surface area (Å²) in [5.41, 5.74) is 3.00. The van der Waals surface area contributed by atoms with E-state index >= 15 is 0 Å². The summed E-state index contributed by atoms with van der Waals surface area (Å²) in [4.78, 5) is 13.2. The van der Waals surface area contributed by atoms with E-state index in [1.54, 1.807) is 36.1 Å². The van der Waals surface area contributed by atoms with Crippen molar-refractivity contribution in [1.29, 1.82) is 0 Å². The molecule has 1 amide bonds. The molecule has 2 aromatic carbocycles. The molecular formula is C17H16FNO2. The lowest BCUT2D eigenvalue weighted by molar-refractivity contribution is -0.129. The Hall–Kier alpha value is -2.20. The summed E-state index contributed by atoms with van der Waals surface area (Å²) in [7, 11) is 0. The zero-order chi connectivity index (χ0) is 15.0. The van der Waals surface area contributed by atoms with Gasteiger partial charge in [0.25, 0.3) is 0 Å². The SMILES string of the molecule is CC(=O)N1Cc2ccc(C(O)c3ccccc3F)cc2C1. The molecule has 21 heavy (non-hydrogen) atoms. The van der Waals surface area contributed by atoms with Gasteiger partial charge in [-0.05, 0) is 22.8 Å². The topological polar surface area (TPSA) is 40.5 Å². The molecule has 4 heteroatoms. The first-order chi connectivity index (χ1) is 10.1. The molecule has 1 N–H and O–H groups in total. The third-order valence-electron chi connectivity index (χ3n) is 3.91. The number of fused-ring (bicyclic) bond motifs is 1. The van der Waals surface area contributed by atoms with E-state index in [0.29, 0.717) is 18.7 Å². The van der Waals surface area contributed by atoms with Crippen molar-refractivity contribution in [3.05, 3.63) is 70.5 Å². The minimum absolute atomic E-state index is 0.0300. The van der Waals surface area contributed by atoms with Crippen LogP contribution in [0.3, 0.4) is 0 Å². The smallest absolute Gasteiger partial charge is 0.220 e. The number of benzene rings is 2. The van der Waals surface area contributed by atoms with Gasteiger partial charge >= 0.3 is 0 Å². The molecule has 0 aliphatic carbocycles. The molecule has 0 saturated carbocycles. The summed E-state index contributed by atoms with van der Waals surface area (Å²) in [5, 5.41) is 10.4. The second kappa shape index (κ2) is 5.30. The van der Waals surface area contributed by atoms with Gasteiger partial charge in [-0.3, -0.25) is 4.79 Å². The lowest BCUT2D eigenvalue weighted by Crippen LogP contribution is -2.21. The number of aliphatic hydroxyl groups excluding tert-OH is 1.